The molecule has 0 amide bonds. The number of nitrogens with one attached hydrogen (secondary N) is 1. The third-order valence-corrected chi connectivity index (χ3v) is 6.30. The summed E-state index contributed by atoms with van der Waals surface area (Å²) in [6.07, 6.45) is 3.44. The van der Waals surface area contributed by atoms with Crippen LogP contribution in [0.1, 0.15) is 30.9 Å². The molecule has 34 heavy (non-hydrogen) atoms. The number of aliphatic hydroxyl groups excluding tert-OH is 1. The third kappa shape index (κ3) is 6.60. The van der Waals surface area contributed by atoms with Gasteiger partial charge in [0, 0.05) is 30.1 Å². The number of likely N-dealkylation sites (tertiary alicyclic amines) is 1. The summed E-state index contributed by atoms with van der Waals surface area (Å²) in [5.41, 5.74) is 2.78. The average Bonchev–Trinajstić information content (AvgIpc) is 3.37. The van der Waals surface area contributed by atoms with Gasteiger partial charge >= 0.3 is 0 Å². The zero-order valence-corrected chi connectivity index (χ0v) is 19.9. The highest BCUT2D eigenvalue weighted by Gasteiger charge is 2.15. The van der Waals surface area contributed by atoms with Gasteiger partial charge in [0.2, 0.25) is 5.95 Å². The molecule has 1 fully saturated rings. The minimum atomic E-state index is -0.324. The van der Waals surface area contributed by atoms with Crippen LogP contribution in [-0.2, 0) is 13.0 Å². The lowest BCUT2D eigenvalue weighted by molar-refractivity contribution is 0.285. The van der Waals surface area contributed by atoms with Crippen molar-refractivity contribution < 1.29 is 9.50 Å². The molecule has 0 spiro atoms. The molecule has 4 nitrogen and oxygen atoms in total. The Morgan fingerprint density at radius 1 is 0.941 bits per heavy atom. The molecule has 0 radical (unpaired) electrons. The number of fused-ring (bicyclic) bond motifs is 2. The Morgan fingerprint density at radius 3 is 2.41 bits per heavy atom. The fourth-order valence-corrected chi connectivity index (χ4v) is 4.53. The fraction of sp³-hybridized carbons (Fsp3) is 0.345. The second-order valence-corrected chi connectivity index (χ2v) is 9.08. The zero-order chi connectivity index (χ0) is 23.8. The Morgan fingerprint density at radius 2 is 1.65 bits per heavy atom. The Bertz CT molecular complexity index is 1210. The maximum Gasteiger partial charge on any atom is 0.217 e. The van der Waals surface area contributed by atoms with E-state index in [2.05, 4.69) is 64.6 Å². The van der Waals surface area contributed by atoms with Crippen LogP contribution in [0.5, 0.6) is 0 Å². The van der Waals surface area contributed by atoms with E-state index in [1.807, 2.05) is 30.3 Å². The summed E-state index contributed by atoms with van der Waals surface area (Å²) in [5.74, 6) is -0.324. The number of pyridine rings is 1. The van der Waals surface area contributed by atoms with Gasteiger partial charge < -0.3 is 10.4 Å². The van der Waals surface area contributed by atoms with E-state index >= 15 is 0 Å². The molecule has 0 saturated carbocycles. The summed E-state index contributed by atoms with van der Waals surface area (Å²) in [6.45, 7) is 5.84. The highest BCUT2D eigenvalue weighted by molar-refractivity contribution is 5.83. The van der Waals surface area contributed by atoms with Crippen molar-refractivity contribution in [3.63, 3.8) is 0 Å². The largest absolute Gasteiger partial charge is 0.395 e. The van der Waals surface area contributed by atoms with E-state index < -0.39 is 0 Å². The lowest BCUT2D eigenvalue weighted by atomic mass is 10.0. The first-order valence-corrected chi connectivity index (χ1v) is 12.2. The highest BCUT2D eigenvalue weighted by Crippen LogP contribution is 2.19. The predicted molar refractivity (Wildman–Crippen MR) is 138 cm³/mol. The maximum absolute atomic E-state index is 13.8. The minimum absolute atomic E-state index is 0.196. The van der Waals surface area contributed by atoms with Crippen molar-refractivity contribution in [2.75, 3.05) is 26.2 Å². The summed E-state index contributed by atoms with van der Waals surface area (Å²) < 4.78 is 13.8. The van der Waals surface area contributed by atoms with Gasteiger partial charge in [0.05, 0.1) is 12.1 Å². The van der Waals surface area contributed by atoms with Gasteiger partial charge in [-0.25, -0.2) is 4.98 Å². The van der Waals surface area contributed by atoms with Crippen molar-refractivity contribution in [3.8, 4) is 0 Å². The average molecular weight is 460 g/mol. The molecule has 5 rings (SSSR count). The van der Waals surface area contributed by atoms with Crippen LogP contribution in [0.25, 0.3) is 21.7 Å². The monoisotopic (exact) mass is 459 g/mol. The van der Waals surface area contributed by atoms with Crippen LogP contribution >= 0.6 is 0 Å². The molecule has 1 aliphatic rings. The first-order chi connectivity index (χ1) is 16.6. The maximum atomic E-state index is 13.8. The van der Waals surface area contributed by atoms with Gasteiger partial charge in [-0.2, -0.15) is 4.39 Å². The molecule has 1 aromatic heterocycles. The highest BCUT2D eigenvalue weighted by atomic mass is 19.1. The van der Waals surface area contributed by atoms with E-state index in [0.717, 1.165) is 30.4 Å². The van der Waals surface area contributed by atoms with Crippen molar-refractivity contribution in [2.45, 2.75) is 38.8 Å². The number of nitrogens with zero attached hydrogens (tertiary/aromatic N) is 2. The van der Waals surface area contributed by atoms with Crippen LogP contribution in [0.15, 0.2) is 72.8 Å². The van der Waals surface area contributed by atoms with Crippen molar-refractivity contribution >= 4 is 21.7 Å². The van der Waals surface area contributed by atoms with Crippen LogP contribution in [-0.4, -0.2) is 47.3 Å². The standard InChI is InChI=1S/C15H19NO.C14H15FN2/c1-12(16-8-9-17)10-13-6-7-14-4-2-3-5-15(14)11-13;15-14-12(10-17-7-3-4-8-17)9-11-5-1-2-6-13(11)16-14/h2-7,11-12,16-17H,8-10H2,1H3;1-2,5-6,9H,3-4,7-8,10H2. The number of aliphatic hydroxyl groups is 1. The quantitative estimate of drug-likeness (QED) is 0.367. The second-order valence-electron chi connectivity index (χ2n) is 9.08. The number of aromatic nitrogens is 1. The summed E-state index contributed by atoms with van der Waals surface area (Å²) in [4.78, 5) is 6.31. The molecule has 0 aliphatic carbocycles. The normalized spacial score (nSPS) is 14.8. The van der Waals surface area contributed by atoms with Gasteiger partial charge in [0.15, 0.2) is 0 Å². The number of benzene rings is 3. The molecular formula is C29H34FN3O. The Kier molecular flexibility index (Phi) is 8.58. The molecule has 5 heteroatoms. The summed E-state index contributed by atoms with van der Waals surface area (Å²) in [6, 6.07) is 25.0. The summed E-state index contributed by atoms with van der Waals surface area (Å²) in [7, 11) is 0. The van der Waals surface area contributed by atoms with Crippen molar-refractivity contribution in [3.05, 3.63) is 89.9 Å². The number of hydrogen-bond acceptors (Lipinski definition) is 4. The zero-order valence-electron chi connectivity index (χ0n) is 19.9. The van der Waals surface area contributed by atoms with Gasteiger partial charge in [0.1, 0.15) is 0 Å². The van der Waals surface area contributed by atoms with E-state index in [-0.39, 0.29) is 12.6 Å². The molecule has 1 aliphatic heterocycles. The van der Waals surface area contributed by atoms with Crippen LogP contribution in [0.4, 0.5) is 4.39 Å². The second kappa shape index (κ2) is 12.0. The smallest absolute Gasteiger partial charge is 0.217 e. The SMILES string of the molecule is CC(Cc1ccc2ccccc2c1)NCCO.Fc1nc2ccccc2cc1CN1CCCC1. The number of halogens is 1. The first kappa shape index (κ1) is 24.3. The molecule has 2 N–H and O–H groups in total. The molecule has 1 unspecified atom stereocenters. The van der Waals surface area contributed by atoms with Gasteiger partial charge in [-0.05, 0) is 67.7 Å². The Hall–Kier alpha value is -2.86. The van der Waals surface area contributed by atoms with Gasteiger partial charge in [-0.15, -0.1) is 0 Å². The van der Waals surface area contributed by atoms with Crippen molar-refractivity contribution in [1.29, 1.82) is 0 Å². The Labute approximate surface area is 201 Å². The van der Waals surface area contributed by atoms with Gasteiger partial charge in [-0.3, -0.25) is 4.90 Å². The van der Waals surface area contributed by atoms with Crippen LogP contribution in [0.2, 0.25) is 0 Å². The molecular weight excluding hydrogens is 425 g/mol. The van der Waals surface area contributed by atoms with Crippen LogP contribution in [0.3, 0.4) is 0 Å². The van der Waals surface area contributed by atoms with E-state index in [4.69, 9.17) is 5.11 Å². The van der Waals surface area contributed by atoms with Crippen molar-refractivity contribution in [2.24, 2.45) is 0 Å². The fourth-order valence-electron chi connectivity index (χ4n) is 4.53. The minimum Gasteiger partial charge on any atom is -0.395 e. The van der Waals surface area contributed by atoms with Crippen LogP contribution in [0, 0.1) is 5.95 Å². The summed E-state index contributed by atoms with van der Waals surface area (Å²) in [5, 5.41) is 15.6. The number of para-hydroxylation sites is 1. The van der Waals surface area contributed by atoms with E-state index in [1.54, 1.807) is 0 Å². The van der Waals surface area contributed by atoms with Gasteiger partial charge in [0.25, 0.3) is 0 Å². The molecule has 3 aromatic carbocycles. The summed E-state index contributed by atoms with van der Waals surface area (Å²) >= 11 is 0. The van der Waals surface area contributed by atoms with E-state index in [9.17, 15) is 4.39 Å². The number of rotatable bonds is 7. The molecule has 178 valence electrons. The van der Waals surface area contributed by atoms with Crippen LogP contribution < -0.4 is 5.32 Å². The number of hydrogen-bond donors (Lipinski definition) is 2. The lowest BCUT2D eigenvalue weighted by Gasteiger charge is -2.15. The lowest BCUT2D eigenvalue weighted by Crippen LogP contribution is -2.30. The first-order valence-electron chi connectivity index (χ1n) is 12.2. The van der Waals surface area contributed by atoms with Crippen molar-refractivity contribution in [1.82, 2.24) is 15.2 Å². The molecule has 2 heterocycles. The van der Waals surface area contributed by atoms with E-state index in [0.29, 0.717) is 24.7 Å². The third-order valence-electron chi connectivity index (χ3n) is 6.30. The molecule has 1 saturated heterocycles. The molecule has 0 bridgehead atoms. The van der Waals surface area contributed by atoms with Gasteiger partial charge in [-0.1, -0.05) is 60.7 Å². The van der Waals surface area contributed by atoms with E-state index in [1.165, 1.54) is 29.2 Å². The molecule has 4 aromatic rings. The Balaban J connectivity index is 0.000000161. The molecule has 1 atom stereocenters. The topological polar surface area (TPSA) is 48.4 Å². The predicted octanol–water partition coefficient (Wildman–Crippen LogP) is 5.32.